The molecule has 0 atom stereocenters. The van der Waals surface area contributed by atoms with Crippen molar-refractivity contribution >= 4 is 27.6 Å². The van der Waals surface area contributed by atoms with E-state index in [1.165, 1.54) is 12.0 Å². The average molecular weight is 311 g/mol. The molecule has 1 aliphatic rings. The second-order valence-corrected chi connectivity index (χ2v) is 5.46. The van der Waals surface area contributed by atoms with Crippen molar-refractivity contribution in [3.05, 3.63) is 29.8 Å². The molecule has 0 radical (unpaired) electrons. The molecule has 0 spiro atoms. The molecule has 3 nitrogen and oxygen atoms in total. The minimum Gasteiger partial charge on any atom is -0.323 e. The van der Waals surface area contributed by atoms with E-state index in [1.54, 1.807) is 4.90 Å². The van der Waals surface area contributed by atoms with Crippen LogP contribution in [-0.2, 0) is 6.54 Å². The fraction of sp³-hybridized carbons (Fsp3) is 0.500. The second kappa shape index (κ2) is 6.23. The number of alkyl halides is 1. The zero-order valence-electron chi connectivity index (χ0n) is 10.7. The Morgan fingerprint density at radius 2 is 2.00 bits per heavy atom. The molecule has 0 bridgehead atoms. The first-order valence-electron chi connectivity index (χ1n) is 6.40. The Morgan fingerprint density at radius 1 is 1.22 bits per heavy atom. The lowest BCUT2D eigenvalue weighted by Crippen LogP contribution is -2.45. The predicted molar refractivity (Wildman–Crippen MR) is 78.3 cm³/mol. The fourth-order valence-electron chi connectivity index (χ4n) is 2.30. The van der Waals surface area contributed by atoms with Gasteiger partial charge in [0.2, 0.25) is 0 Å². The molecule has 98 valence electrons. The van der Waals surface area contributed by atoms with Crippen LogP contribution in [0.25, 0.3) is 0 Å². The van der Waals surface area contributed by atoms with E-state index in [9.17, 15) is 4.79 Å². The monoisotopic (exact) mass is 310 g/mol. The van der Waals surface area contributed by atoms with Gasteiger partial charge in [-0.3, -0.25) is 4.90 Å². The number of halogens is 1. The number of carbonyl (C=O) groups excluding carboxylic acids is 1. The first-order valence-corrected chi connectivity index (χ1v) is 7.52. The zero-order chi connectivity index (χ0) is 13.0. The maximum atomic E-state index is 12.2. The van der Waals surface area contributed by atoms with Gasteiger partial charge in [0, 0.05) is 25.5 Å². The minimum absolute atomic E-state index is 0.118. The van der Waals surface area contributed by atoms with Crippen LogP contribution in [0, 0.1) is 0 Å². The van der Waals surface area contributed by atoms with Crippen molar-refractivity contribution < 1.29 is 4.79 Å². The molecular formula is C14H19BrN2O. The molecule has 0 saturated heterocycles. The summed E-state index contributed by atoms with van der Waals surface area (Å²) in [7, 11) is 1.86. The van der Waals surface area contributed by atoms with E-state index < -0.39 is 0 Å². The van der Waals surface area contributed by atoms with Crippen LogP contribution in [0.4, 0.5) is 10.5 Å². The van der Waals surface area contributed by atoms with Crippen molar-refractivity contribution in [2.24, 2.45) is 0 Å². The number of anilines is 1. The number of hydrogen-bond donors (Lipinski definition) is 0. The molecule has 0 N–H and O–H groups in total. The Bertz CT molecular complexity index is 422. The lowest BCUT2D eigenvalue weighted by atomic mass is 10.1. The molecule has 1 heterocycles. The van der Waals surface area contributed by atoms with Gasteiger partial charge in [-0.15, -0.1) is 0 Å². The van der Waals surface area contributed by atoms with E-state index in [0.29, 0.717) is 6.54 Å². The summed E-state index contributed by atoms with van der Waals surface area (Å²) in [6.45, 7) is 1.53. The van der Waals surface area contributed by atoms with Gasteiger partial charge in [-0.05, 0) is 24.5 Å². The number of para-hydroxylation sites is 1. The lowest BCUT2D eigenvalue weighted by Gasteiger charge is -2.35. The third-order valence-corrected chi connectivity index (χ3v) is 3.82. The number of nitrogens with zero attached hydrogens (tertiary/aromatic N) is 2. The zero-order valence-corrected chi connectivity index (χ0v) is 12.3. The highest BCUT2D eigenvalue weighted by atomic mass is 79.9. The van der Waals surface area contributed by atoms with Crippen LogP contribution in [0.5, 0.6) is 0 Å². The topological polar surface area (TPSA) is 23.6 Å². The highest BCUT2D eigenvalue weighted by Crippen LogP contribution is 2.27. The molecule has 1 aromatic carbocycles. The van der Waals surface area contributed by atoms with E-state index in [1.807, 2.05) is 30.1 Å². The van der Waals surface area contributed by atoms with Crippen LogP contribution in [0.15, 0.2) is 24.3 Å². The van der Waals surface area contributed by atoms with E-state index in [-0.39, 0.29) is 6.03 Å². The molecule has 0 saturated carbocycles. The number of carbonyl (C=O) groups is 1. The number of amides is 2. The normalized spacial score (nSPS) is 14.9. The fourth-order valence-corrected chi connectivity index (χ4v) is 2.69. The standard InChI is InChI=1S/C14H19BrN2O/c1-16-11-12-7-3-4-8-13(12)17(14(16)18)10-6-2-5-9-15/h3-4,7-8H,2,5-6,9-11H2,1H3. The number of rotatable bonds is 5. The second-order valence-electron chi connectivity index (χ2n) is 4.67. The Labute approximate surface area is 117 Å². The van der Waals surface area contributed by atoms with Gasteiger partial charge in [0.15, 0.2) is 0 Å². The number of benzene rings is 1. The molecule has 1 aromatic rings. The van der Waals surface area contributed by atoms with Gasteiger partial charge in [-0.25, -0.2) is 4.79 Å². The Hall–Kier alpha value is -1.03. The average Bonchev–Trinajstić information content (AvgIpc) is 2.38. The van der Waals surface area contributed by atoms with Gasteiger partial charge in [0.1, 0.15) is 0 Å². The highest BCUT2D eigenvalue weighted by Gasteiger charge is 2.26. The van der Waals surface area contributed by atoms with Crippen LogP contribution in [0.3, 0.4) is 0 Å². The van der Waals surface area contributed by atoms with E-state index >= 15 is 0 Å². The molecule has 4 heteroatoms. The molecule has 0 aromatic heterocycles. The van der Waals surface area contributed by atoms with E-state index in [0.717, 1.165) is 30.4 Å². The van der Waals surface area contributed by atoms with E-state index in [2.05, 4.69) is 22.0 Å². The largest absolute Gasteiger partial charge is 0.324 e. The van der Waals surface area contributed by atoms with Crippen LogP contribution in [-0.4, -0.2) is 29.9 Å². The molecular weight excluding hydrogens is 292 g/mol. The van der Waals surface area contributed by atoms with Crippen molar-refractivity contribution in [3.8, 4) is 0 Å². The van der Waals surface area contributed by atoms with Crippen molar-refractivity contribution in [3.63, 3.8) is 0 Å². The smallest absolute Gasteiger partial charge is 0.323 e. The molecule has 0 unspecified atom stereocenters. The van der Waals surface area contributed by atoms with Gasteiger partial charge < -0.3 is 4.90 Å². The Kier molecular flexibility index (Phi) is 4.64. The molecule has 2 amide bonds. The summed E-state index contributed by atoms with van der Waals surface area (Å²) in [4.78, 5) is 15.9. The summed E-state index contributed by atoms with van der Waals surface area (Å²) in [5.41, 5.74) is 2.32. The van der Waals surface area contributed by atoms with Crippen molar-refractivity contribution in [2.45, 2.75) is 25.8 Å². The molecule has 0 fully saturated rings. The predicted octanol–water partition coefficient (Wildman–Crippen LogP) is 3.62. The Morgan fingerprint density at radius 3 is 2.78 bits per heavy atom. The number of fused-ring (bicyclic) bond motifs is 1. The summed E-state index contributed by atoms with van der Waals surface area (Å²) in [6, 6.07) is 8.30. The number of hydrogen-bond acceptors (Lipinski definition) is 1. The molecule has 18 heavy (non-hydrogen) atoms. The van der Waals surface area contributed by atoms with Crippen molar-refractivity contribution in [2.75, 3.05) is 23.8 Å². The van der Waals surface area contributed by atoms with Crippen LogP contribution >= 0.6 is 15.9 Å². The Balaban J connectivity index is 2.09. The van der Waals surface area contributed by atoms with Crippen molar-refractivity contribution in [1.29, 1.82) is 0 Å². The summed E-state index contributed by atoms with van der Waals surface area (Å²) < 4.78 is 0. The van der Waals surface area contributed by atoms with Crippen LogP contribution in [0.2, 0.25) is 0 Å². The summed E-state index contributed by atoms with van der Waals surface area (Å²) in [5, 5.41) is 1.04. The maximum absolute atomic E-state index is 12.2. The van der Waals surface area contributed by atoms with Crippen LogP contribution in [0.1, 0.15) is 24.8 Å². The summed E-state index contributed by atoms with van der Waals surface area (Å²) >= 11 is 3.43. The summed E-state index contributed by atoms with van der Waals surface area (Å²) in [6.07, 6.45) is 3.37. The first-order chi connectivity index (χ1) is 8.74. The highest BCUT2D eigenvalue weighted by molar-refractivity contribution is 9.09. The maximum Gasteiger partial charge on any atom is 0.324 e. The van der Waals surface area contributed by atoms with Gasteiger partial charge in [-0.2, -0.15) is 0 Å². The summed E-state index contributed by atoms with van der Waals surface area (Å²) in [5.74, 6) is 0. The third kappa shape index (κ3) is 2.86. The van der Waals surface area contributed by atoms with Crippen molar-refractivity contribution in [1.82, 2.24) is 4.90 Å². The molecule has 1 aliphatic heterocycles. The van der Waals surface area contributed by atoms with Gasteiger partial charge >= 0.3 is 6.03 Å². The first kappa shape index (κ1) is 13.4. The van der Waals surface area contributed by atoms with Crippen LogP contribution < -0.4 is 4.90 Å². The number of unbranched alkanes of at least 4 members (excludes halogenated alkanes) is 2. The molecule has 2 rings (SSSR count). The molecule has 0 aliphatic carbocycles. The van der Waals surface area contributed by atoms with E-state index in [4.69, 9.17) is 0 Å². The third-order valence-electron chi connectivity index (χ3n) is 3.26. The quantitative estimate of drug-likeness (QED) is 0.602. The SMILES string of the molecule is CN1Cc2ccccc2N(CCCCCBr)C1=O. The number of urea groups is 1. The minimum atomic E-state index is 0.118. The van der Waals surface area contributed by atoms with Gasteiger partial charge in [0.05, 0.1) is 5.69 Å². The van der Waals surface area contributed by atoms with Gasteiger partial charge in [-0.1, -0.05) is 40.5 Å². The lowest BCUT2D eigenvalue weighted by molar-refractivity contribution is 0.210. The van der Waals surface area contributed by atoms with Gasteiger partial charge in [0.25, 0.3) is 0 Å².